The maximum Gasteiger partial charge on any atom is 0.137 e. The lowest BCUT2D eigenvalue weighted by Gasteiger charge is -1.99. The van der Waals surface area contributed by atoms with Crippen molar-refractivity contribution >= 4 is 34.4 Å². The van der Waals surface area contributed by atoms with Gasteiger partial charge in [-0.3, -0.25) is 0 Å². The average molecular weight is 268 g/mol. The summed E-state index contributed by atoms with van der Waals surface area (Å²) in [5.41, 5.74) is 0. The third kappa shape index (κ3) is 1.63. The van der Waals surface area contributed by atoms with Crippen LogP contribution in [0.15, 0.2) is 23.1 Å². The highest BCUT2D eigenvalue weighted by molar-refractivity contribution is 14.1. The minimum atomic E-state index is -0.132. The molecule has 0 aliphatic carbocycles. The summed E-state index contributed by atoms with van der Waals surface area (Å²) in [6, 6.07) is 5.11. The van der Waals surface area contributed by atoms with Crippen molar-refractivity contribution in [1.82, 2.24) is 0 Å². The number of halogens is 2. The van der Waals surface area contributed by atoms with E-state index in [1.54, 1.807) is 17.8 Å². The molecule has 0 unspecified atom stereocenters. The number of rotatable bonds is 1. The normalized spacial score (nSPS) is 9.90. The Balaban J connectivity index is 3.14. The number of hydrogen-bond donors (Lipinski definition) is 0. The minimum Gasteiger partial charge on any atom is -0.206 e. The van der Waals surface area contributed by atoms with Crippen molar-refractivity contribution in [1.29, 1.82) is 0 Å². The number of thioether (sulfide) groups is 1. The predicted molar refractivity (Wildman–Crippen MR) is 50.9 cm³/mol. The zero-order valence-electron chi connectivity index (χ0n) is 5.40. The lowest BCUT2D eigenvalue weighted by Crippen LogP contribution is -1.82. The van der Waals surface area contributed by atoms with Crippen LogP contribution in [0.2, 0.25) is 0 Å². The monoisotopic (exact) mass is 268 g/mol. The lowest BCUT2D eigenvalue weighted by atomic mass is 10.3. The van der Waals surface area contributed by atoms with Gasteiger partial charge in [0, 0.05) is 4.90 Å². The first-order chi connectivity index (χ1) is 4.75. The molecular weight excluding hydrogens is 262 g/mol. The van der Waals surface area contributed by atoms with Gasteiger partial charge in [0.1, 0.15) is 5.82 Å². The van der Waals surface area contributed by atoms with E-state index in [9.17, 15) is 4.39 Å². The summed E-state index contributed by atoms with van der Waals surface area (Å²) >= 11 is 3.57. The van der Waals surface area contributed by atoms with Crippen molar-refractivity contribution in [3.05, 3.63) is 27.6 Å². The standard InChI is InChI=1S/C7H6FIS/c1-10-6-4-2-3-5(8)7(6)9/h2-4H,1H3. The van der Waals surface area contributed by atoms with Gasteiger partial charge in [0.15, 0.2) is 0 Å². The van der Waals surface area contributed by atoms with Gasteiger partial charge in [0.25, 0.3) is 0 Å². The van der Waals surface area contributed by atoms with Crippen LogP contribution >= 0.6 is 34.4 Å². The molecule has 0 aliphatic heterocycles. The molecule has 0 heterocycles. The van der Waals surface area contributed by atoms with Gasteiger partial charge in [-0.25, -0.2) is 4.39 Å². The van der Waals surface area contributed by atoms with Crippen LogP contribution in [0, 0.1) is 9.39 Å². The van der Waals surface area contributed by atoms with Gasteiger partial charge in [0.05, 0.1) is 3.57 Å². The predicted octanol–water partition coefficient (Wildman–Crippen LogP) is 3.15. The molecule has 0 radical (unpaired) electrons. The summed E-state index contributed by atoms with van der Waals surface area (Å²) in [6.07, 6.45) is 1.94. The molecule has 1 aromatic carbocycles. The molecule has 0 saturated heterocycles. The van der Waals surface area contributed by atoms with Gasteiger partial charge in [-0.1, -0.05) is 6.07 Å². The molecule has 0 aromatic heterocycles. The largest absolute Gasteiger partial charge is 0.206 e. The zero-order chi connectivity index (χ0) is 7.56. The topological polar surface area (TPSA) is 0 Å². The fourth-order valence-corrected chi connectivity index (χ4v) is 2.15. The van der Waals surface area contributed by atoms with Gasteiger partial charge in [-0.05, 0) is 41.0 Å². The molecule has 0 spiro atoms. The van der Waals surface area contributed by atoms with E-state index in [0.717, 1.165) is 4.90 Å². The lowest BCUT2D eigenvalue weighted by molar-refractivity contribution is 0.615. The molecule has 0 nitrogen and oxygen atoms in total. The smallest absolute Gasteiger partial charge is 0.137 e. The molecule has 1 rings (SSSR count). The minimum absolute atomic E-state index is 0.132. The van der Waals surface area contributed by atoms with Gasteiger partial charge in [0.2, 0.25) is 0 Å². The van der Waals surface area contributed by atoms with Crippen molar-refractivity contribution in [2.75, 3.05) is 6.26 Å². The van der Waals surface area contributed by atoms with Gasteiger partial charge >= 0.3 is 0 Å². The van der Waals surface area contributed by atoms with Crippen molar-refractivity contribution in [2.24, 2.45) is 0 Å². The molecule has 0 atom stereocenters. The Morgan fingerprint density at radius 2 is 2.20 bits per heavy atom. The van der Waals surface area contributed by atoms with Gasteiger partial charge in [-0.2, -0.15) is 0 Å². The van der Waals surface area contributed by atoms with E-state index in [1.807, 2.05) is 34.9 Å². The summed E-state index contributed by atoms with van der Waals surface area (Å²) in [7, 11) is 0. The van der Waals surface area contributed by atoms with Crippen molar-refractivity contribution in [3.63, 3.8) is 0 Å². The Hall–Kier alpha value is 0.230. The highest BCUT2D eigenvalue weighted by Gasteiger charge is 2.01. The van der Waals surface area contributed by atoms with Crippen LogP contribution < -0.4 is 0 Å². The first-order valence-electron chi connectivity index (χ1n) is 2.73. The average Bonchev–Trinajstić information content (AvgIpc) is 1.95. The van der Waals surface area contributed by atoms with Crippen LogP contribution in [0.1, 0.15) is 0 Å². The first kappa shape index (κ1) is 8.33. The molecule has 0 bridgehead atoms. The summed E-state index contributed by atoms with van der Waals surface area (Å²) in [5.74, 6) is -0.132. The summed E-state index contributed by atoms with van der Waals surface area (Å²) in [4.78, 5) is 1.00. The molecule has 3 heteroatoms. The van der Waals surface area contributed by atoms with Gasteiger partial charge in [-0.15, -0.1) is 11.8 Å². The molecule has 0 N–H and O–H groups in total. The SMILES string of the molecule is CSc1cccc(F)c1I. The van der Waals surface area contributed by atoms with Crippen LogP contribution in [0.3, 0.4) is 0 Å². The zero-order valence-corrected chi connectivity index (χ0v) is 8.37. The number of benzene rings is 1. The van der Waals surface area contributed by atoms with Crippen LogP contribution in [-0.2, 0) is 0 Å². The van der Waals surface area contributed by atoms with E-state index in [1.165, 1.54) is 6.07 Å². The maximum absolute atomic E-state index is 12.7. The molecule has 0 amide bonds. The van der Waals surface area contributed by atoms with E-state index < -0.39 is 0 Å². The van der Waals surface area contributed by atoms with Crippen LogP contribution in [0.25, 0.3) is 0 Å². The van der Waals surface area contributed by atoms with Gasteiger partial charge < -0.3 is 0 Å². The number of hydrogen-bond acceptors (Lipinski definition) is 1. The van der Waals surface area contributed by atoms with Crippen molar-refractivity contribution in [2.45, 2.75) is 4.90 Å². The Kier molecular flexibility index (Phi) is 2.97. The molecule has 10 heavy (non-hydrogen) atoms. The maximum atomic E-state index is 12.7. The second-order valence-corrected chi connectivity index (χ2v) is 3.68. The van der Waals surface area contributed by atoms with Crippen LogP contribution in [-0.4, -0.2) is 6.26 Å². The quantitative estimate of drug-likeness (QED) is 0.557. The molecular formula is C7H6FIS. The molecule has 0 aliphatic rings. The first-order valence-corrected chi connectivity index (χ1v) is 5.04. The fourth-order valence-electron chi connectivity index (χ4n) is 0.642. The summed E-state index contributed by atoms with van der Waals surface area (Å²) in [6.45, 7) is 0. The second kappa shape index (κ2) is 3.57. The molecule has 0 saturated carbocycles. The van der Waals surface area contributed by atoms with E-state index in [4.69, 9.17) is 0 Å². The Bertz CT molecular complexity index is 237. The fraction of sp³-hybridized carbons (Fsp3) is 0.143. The second-order valence-electron chi connectivity index (χ2n) is 1.76. The summed E-state index contributed by atoms with van der Waals surface area (Å²) < 4.78 is 13.5. The van der Waals surface area contributed by atoms with E-state index in [2.05, 4.69) is 0 Å². The highest BCUT2D eigenvalue weighted by Crippen LogP contribution is 2.23. The van der Waals surface area contributed by atoms with Crippen LogP contribution in [0.4, 0.5) is 4.39 Å². The Morgan fingerprint density at radius 3 is 2.70 bits per heavy atom. The van der Waals surface area contributed by atoms with Crippen LogP contribution in [0.5, 0.6) is 0 Å². The van der Waals surface area contributed by atoms with Crippen molar-refractivity contribution < 1.29 is 4.39 Å². The van der Waals surface area contributed by atoms with Crippen molar-refractivity contribution in [3.8, 4) is 0 Å². The van der Waals surface area contributed by atoms with E-state index in [-0.39, 0.29) is 5.82 Å². The highest BCUT2D eigenvalue weighted by atomic mass is 127. The Morgan fingerprint density at radius 1 is 1.50 bits per heavy atom. The molecule has 0 fully saturated rings. The molecule has 54 valence electrons. The third-order valence-electron chi connectivity index (χ3n) is 1.14. The third-order valence-corrected chi connectivity index (χ3v) is 3.38. The van der Waals surface area contributed by atoms with E-state index >= 15 is 0 Å². The molecule has 1 aromatic rings. The van der Waals surface area contributed by atoms with E-state index in [0.29, 0.717) is 3.57 Å². The summed E-state index contributed by atoms with van der Waals surface area (Å²) in [5, 5.41) is 0. The Labute approximate surface area is 77.3 Å².